The topological polar surface area (TPSA) is 55.4 Å². The Kier molecular flexibility index (Phi) is 4.14. The second-order valence-corrected chi connectivity index (χ2v) is 7.72. The predicted octanol–water partition coefficient (Wildman–Crippen LogP) is 2.46. The summed E-state index contributed by atoms with van der Waals surface area (Å²) in [7, 11) is 0. The standard InChI is InChI=1S/C17H23N5OS/c1-3-13-12(2)24-16-14(13)15-19-22(17(23)21(15)11-18-16)10-9-20-7-5-4-6-8-20/h11H,3-10H2,1-2H3. The summed E-state index contributed by atoms with van der Waals surface area (Å²) in [6.45, 7) is 8.07. The van der Waals surface area contributed by atoms with Crippen LogP contribution in [0.4, 0.5) is 0 Å². The molecule has 1 aliphatic heterocycles. The number of thiophene rings is 1. The first-order chi connectivity index (χ1) is 11.7. The van der Waals surface area contributed by atoms with Crippen molar-refractivity contribution in [2.45, 2.75) is 46.1 Å². The van der Waals surface area contributed by atoms with Crippen LogP contribution in [0.25, 0.3) is 15.9 Å². The molecule has 0 amide bonds. The molecule has 1 saturated heterocycles. The molecule has 128 valence electrons. The number of nitrogens with zero attached hydrogens (tertiary/aromatic N) is 5. The van der Waals surface area contributed by atoms with Gasteiger partial charge in [-0.2, -0.15) is 0 Å². The lowest BCUT2D eigenvalue weighted by Gasteiger charge is -2.25. The molecule has 0 radical (unpaired) electrons. The highest BCUT2D eigenvalue weighted by atomic mass is 32.1. The van der Waals surface area contributed by atoms with Crippen molar-refractivity contribution in [3.05, 3.63) is 27.3 Å². The van der Waals surface area contributed by atoms with E-state index in [0.717, 1.165) is 41.9 Å². The molecular formula is C17H23N5OS. The third-order valence-electron chi connectivity index (χ3n) is 5.01. The van der Waals surface area contributed by atoms with Gasteiger partial charge >= 0.3 is 5.69 Å². The van der Waals surface area contributed by atoms with Crippen molar-refractivity contribution in [3.63, 3.8) is 0 Å². The van der Waals surface area contributed by atoms with Gasteiger partial charge in [0.1, 0.15) is 11.2 Å². The minimum Gasteiger partial charge on any atom is -0.301 e. The van der Waals surface area contributed by atoms with E-state index in [1.165, 1.54) is 29.7 Å². The van der Waals surface area contributed by atoms with Crippen LogP contribution < -0.4 is 5.69 Å². The van der Waals surface area contributed by atoms with Crippen LogP contribution in [0.15, 0.2) is 11.1 Å². The molecule has 1 fully saturated rings. The molecule has 6 nitrogen and oxygen atoms in total. The SMILES string of the molecule is CCc1c(C)sc2ncn3c(=O)n(CCN4CCCCC4)nc3c12. The molecule has 0 unspecified atom stereocenters. The molecule has 4 heterocycles. The van der Waals surface area contributed by atoms with Crippen molar-refractivity contribution in [2.75, 3.05) is 19.6 Å². The van der Waals surface area contributed by atoms with Crippen LogP contribution in [0.3, 0.4) is 0 Å². The maximum atomic E-state index is 12.7. The molecule has 0 spiro atoms. The van der Waals surface area contributed by atoms with Crippen LogP contribution in [0.2, 0.25) is 0 Å². The second kappa shape index (κ2) is 6.29. The van der Waals surface area contributed by atoms with E-state index in [4.69, 9.17) is 0 Å². The summed E-state index contributed by atoms with van der Waals surface area (Å²) in [6.07, 6.45) is 6.41. The van der Waals surface area contributed by atoms with E-state index in [-0.39, 0.29) is 5.69 Å². The minimum absolute atomic E-state index is 0.0812. The molecule has 0 aliphatic carbocycles. The molecule has 4 rings (SSSR count). The molecule has 0 atom stereocenters. The molecule has 0 aromatic carbocycles. The summed E-state index contributed by atoms with van der Waals surface area (Å²) in [5.74, 6) is 0. The highest BCUT2D eigenvalue weighted by Crippen LogP contribution is 2.31. The van der Waals surface area contributed by atoms with Gasteiger partial charge in [-0.15, -0.1) is 16.4 Å². The molecule has 0 N–H and O–H groups in total. The maximum Gasteiger partial charge on any atom is 0.351 e. The van der Waals surface area contributed by atoms with Crippen molar-refractivity contribution in [2.24, 2.45) is 0 Å². The Morgan fingerprint density at radius 2 is 2.00 bits per heavy atom. The van der Waals surface area contributed by atoms with E-state index in [2.05, 4.69) is 28.8 Å². The van der Waals surface area contributed by atoms with E-state index in [1.54, 1.807) is 26.7 Å². The fraction of sp³-hybridized carbons (Fsp3) is 0.588. The normalized spacial score (nSPS) is 16.4. The Bertz CT molecular complexity index is 932. The van der Waals surface area contributed by atoms with Crippen LogP contribution >= 0.6 is 11.3 Å². The van der Waals surface area contributed by atoms with Gasteiger partial charge in [-0.05, 0) is 44.8 Å². The van der Waals surface area contributed by atoms with Crippen LogP contribution in [-0.2, 0) is 13.0 Å². The van der Waals surface area contributed by atoms with Gasteiger partial charge in [-0.3, -0.25) is 0 Å². The third-order valence-corrected chi connectivity index (χ3v) is 6.06. The van der Waals surface area contributed by atoms with E-state index >= 15 is 0 Å². The van der Waals surface area contributed by atoms with Gasteiger partial charge in [0.15, 0.2) is 5.65 Å². The Morgan fingerprint density at radius 1 is 1.21 bits per heavy atom. The lowest BCUT2D eigenvalue weighted by Crippen LogP contribution is -2.34. The van der Waals surface area contributed by atoms with Crippen LogP contribution in [-0.4, -0.2) is 43.7 Å². The molecule has 24 heavy (non-hydrogen) atoms. The Labute approximate surface area is 144 Å². The van der Waals surface area contributed by atoms with Crippen molar-refractivity contribution in [1.82, 2.24) is 24.1 Å². The summed E-state index contributed by atoms with van der Waals surface area (Å²) in [4.78, 5) is 21.8. The fourth-order valence-electron chi connectivity index (χ4n) is 3.68. The number of rotatable bonds is 4. The monoisotopic (exact) mass is 345 g/mol. The lowest BCUT2D eigenvalue weighted by atomic mass is 10.1. The molecule has 7 heteroatoms. The Morgan fingerprint density at radius 3 is 2.75 bits per heavy atom. The van der Waals surface area contributed by atoms with Gasteiger partial charge in [0.2, 0.25) is 0 Å². The highest BCUT2D eigenvalue weighted by molar-refractivity contribution is 7.18. The molecule has 0 bridgehead atoms. The summed E-state index contributed by atoms with van der Waals surface area (Å²) >= 11 is 1.69. The minimum atomic E-state index is -0.0812. The lowest BCUT2D eigenvalue weighted by molar-refractivity contribution is 0.217. The molecule has 3 aromatic heterocycles. The number of aromatic nitrogens is 4. The highest BCUT2D eigenvalue weighted by Gasteiger charge is 2.17. The maximum absolute atomic E-state index is 12.7. The van der Waals surface area contributed by atoms with Gasteiger partial charge < -0.3 is 4.90 Å². The predicted molar refractivity (Wildman–Crippen MR) is 97.0 cm³/mol. The number of hydrogen-bond acceptors (Lipinski definition) is 5. The van der Waals surface area contributed by atoms with Crippen LogP contribution in [0.5, 0.6) is 0 Å². The largest absolute Gasteiger partial charge is 0.351 e. The first-order valence-electron chi connectivity index (χ1n) is 8.77. The quantitative estimate of drug-likeness (QED) is 0.729. The van der Waals surface area contributed by atoms with E-state index < -0.39 is 0 Å². The summed E-state index contributed by atoms with van der Waals surface area (Å²) in [5.41, 5.74) is 1.94. The van der Waals surface area contributed by atoms with Crippen molar-refractivity contribution < 1.29 is 0 Å². The smallest absolute Gasteiger partial charge is 0.301 e. The van der Waals surface area contributed by atoms with Gasteiger partial charge in [-0.1, -0.05) is 13.3 Å². The second-order valence-electron chi connectivity index (χ2n) is 6.52. The number of likely N-dealkylation sites (tertiary alicyclic amines) is 1. The number of aryl methyl sites for hydroxylation is 2. The van der Waals surface area contributed by atoms with E-state index in [9.17, 15) is 4.79 Å². The Hall–Kier alpha value is -1.73. The first-order valence-corrected chi connectivity index (χ1v) is 9.59. The number of fused-ring (bicyclic) bond motifs is 3. The number of hydrogen-bond donors (Lipinski definition) is 0. The summed E-state index contributed by atoms with van der Waals surface area (Å²) in [5, 5.41) is 5.71. The van der Waals surface area contributed by atoms with Gasteiger partial charge in [-0.25, -0.2) is 18.9 Å². The Balaban J connectivity index is 1.73. The van der Waals surface area contributed by atoms with E-state index in [0.29, 0.717) is 6.54 Å². The first kappa shape index (κ1) is 15.8. The molecule has 1 aliphatic rings. The molecule has 3 aromatic rings. The van der Waals surface area contributed by atoms with Crippen molar-refractivity contribution >= 4 is 27.2 Å². The average molecular weight is 345 g/mol. The van der Waals surface area contributed by atoms with Gasteiger partial charge in [0, 0.05) is 11.4 Å². The zero-order valence-corrected chi connectivity index (χ0v) is 15.1. The summed E-state index contributed by atoms with van der Waals surface area (Å²) in [6, 6.07) is 0. The van der Waals surface area contributed by atoms with Gasteiger partial charge in [0.25, 0.3) is 0 Å². The zero-order chi connectivity index (χ0) is 16.7. The number of piperidine rings is 1. The zero-order valence-electron chi connectivity index (χ0n) is 14.3. The fourth-order valence-corrected chi connectivity index (χ4v) is 4.76. The van der Waals surface area contributed by atoms with Crippen molar-refractivity contribution in [1.29, 1.82) is 0 Å². The summed E-state index contributed by atoms with van der Waals surface area (Å²) < 4.78 is 3.21. The molecule has 0 saturated carbocycles. The third kappa shape index (κ3) is 2.56. The van der Waals surface area contributed by atoms with E-state index in [1.807, 2.05) is 0 Å². The van der Waals surface area contributed by atoms with Crippen molar-refractivity contribution in [3.8, 4) is 0 Å². The van der Waals surface area contributed by atoms with Crippen LogP contribution in [0, 0.1) is 6.92 Å². The molecular weight excluding hydrogens is 322 g/mol. The average Bonchev–Trinajstić information content (AvgIpc) is 3.10. The van der Waals surface area contributed by atoms with Crippen LogP contribution in [0.1, 0.15) is 36.6 Å². The van der Waals surface area contributed by atoms with Gasteiger partial charge in [0.05, 0.1) is 11.9 Å².